The fourth-order valence-electron chi connectivity index (χ4n) is 0.598. The molecule has 50 valence electrons. The highest BCUT2D eigenvalue weighted by Gasteiger charge is 2.14. The molecule has 0 heterocycles. The second kappa shape index (κ2) is 2.44. The molecule has 0 saturated heterocycles. The van der Waals surface area contributed by atoms with Crippen LogP contribution in [0.1, 0.15) is 20.3 Å². The first-order valence-corrected chi connectivity index (χ1v) is 2.61. The Balaban J connectivity index is 3.39. The van der Waals surface area contributed by atoms with Gasteiger partial charge in [-0.1, -0.05) is 0 Å². The van der Waals surface area contributed by atoms with Gasteiger partial charge in [0.05, 0.1) is 6.10 Å². The standard InChI is InChI=1S/C5H13NO2/c1-4(7)3-5(2,6)8/h4,7-8H,3,6H2,1-2H3. The third-order valence-corrected chi connectivity index (χ3v) is 0.709. The topological polar surface area (TPSA) is 66.5 Å². The summed E-state index contributed by atoms with van der Waals surface area (Å²) in [4.78, 5) is 0. The second-order valence-corrected chi connectivity index (χ2v) is 2.41. The van der Waals surface area contributed by atoms with Crippen molar-refractivity contribution in [3.63, 3.8) is 0 Å². The Labute approximate surface area is 49.1 Å². The van der Waals surface area contributed by atoms with E-state index in [9.17, 15) is 0 Å². The van der Waals surface area contributed by atoms with Crippen LogP contribution in [-0.2, 0) is 0 Å². The van der Waals surface area contributed by atoms with Crippen molar-refractivity contribution in [3.05, 3.63) is 0 Å². The third-order valence-electron chi connectivity index (χ3n) is 0.709. The smallest absolute Gasteiger partial charge is 0.113 e. The SMILES string of the molecule is CC(O)CC(C)(N)O. The monoisotopic (exact) mass is 119 g/mol. The molecule has 0 radical (unpaired) electrons. The quantitative estimate of drug-likeness (QED) is 0.426. The highest BCUT2D eigenvalue weighted by Crippen LogP contribution is 2.02. The number of aliphatic hydroxyl groups is 2. The molecule has 0 aliphatic heterocycles. The van der Waals surface area contributed by atoms with Crippen LogP contribution < -0.4 is 5.73 Å². The van der Waals surface area contributed by atoms with Gasteiger partial charge in [-0.2, -0.15) is 0 Å². The van der Waals surface area contributed by atoms with Crippen molar-refractivity contribution < 1.29 is 10.2 Å². The van der Waals surface area contributed by atoms with Gasteiger partial charge in [0, 0.05) is 6.42 Å². The van der Waals surface area contributed by atoms with Crippen LogP contribution in [0, 0.1) is 0 Å². The number of aliphatic hydroxyl groups excluding tert-OH is 1. The van der Waals surface area contributed by atoms with Crippen LogP contribution in [0.25, 0.3) is 0 Å². The van der Waals surface area contributed by atoms with Crippen LogP contribution >= 0.6 is 0 Å². The molecule has 0 amide bonds. The lowest BCUT2D eigenvalue weighted by molar-refractivity contribution is 0.0148. The summed E-state index contributed by atoms with van der Waals surface area (Å²) >= 11 is 0. The van der Waals surface area contributed by atoms with E-state index in [0.29, 0.717) is 0 Å². The van der Waals surface area contributed by atoms with E-state index in [2.05, 4.69) is 0 Å². The Morgan fingerprint density at radius 3 is 2.12 bits per heavy atom. The minimum Gasteiger partial charge on any atom is -0.393 e. The molecular weight excluding hydrogens is 106 g/mol. The van der Waals surface area contributed by atoms with Crippen molar-refractivity contribution in [3.8, 4) is 0 Å². The van der Waals surface area contributed by atoms with E-state index >= 15 is 0 Å². The fourth-order valence-corrected chi connectivity index (χ4v) is 0.598. The van der Waals surface area contributed by atoms with Crippen molar-refractivity contribution in [2.24, 2.45) is 5.73 Å². The highest BCUT2D eigenvalue weighted by molar-refractivity contribution is 4.65. The number of rotatable bonds is 2. The van der Waals surface area contributed by atoms with E-state index in [4.69, 9.17) is 15.9 Å². The Hall–Kier alpha value is -0.120. The average Bonchev–Trinajstić information content (AvgIpc) is 1.21. The Morgan fingerprint density at radius 2 is 2.12 bits per heavy atom. The predicted octanol–water partition coefficient (Wildman–Crippen LogP) is -0.576. The summed E-state index contributed by atoms with van der Waals surface area (Å²) in [6.07, 6.45) is -0.317. The average molecular weight is 119 g/mol. The molecule has 2 atom stereocenters. The summed E-state index contributed by atoms with van der Waals surface area (Å²) < 4.78 is 0. The first-order chi connectivity index (χ1) is 3.42. The van der Waals surface area contributed by atoms with E-state index in [-0.39, 0.29) is 6.42 Å². The summed E-state index contributed by atoms with van der Waals surface area (Å²) in [5, 5.41) is 17.5. The van der Waals surface area contributed by atoms with Crippen LogP contribution in [0.15, 0.2) is 0 Å². The van der Waals surface area contributed by atoms with Crippen molar-refractivity contribution in [2.45, 2.75) is 32.1 Å². The van der Waals surface area contributed by atoms with E-state index in [1.807, 2.05) is 0 Å². The van der Waals surface area contributed by atoms with Crippen molar-refractivity contribution >= 4 is 0 Å². The van der Waals surface area contributed by atoms with Crippen LogP contribution in [0.5, 0.6) is 0 Å². The van der Waals surface area contributed by atoms with Gasteiger partial charge in [0.1, 0.15) is 5.72 Å². The van der Waals surface area contributed by atoms with Gasteiger partial charge in [-0.05, 0) is 13.8 Å². The summed E-state index contributed by atoms with van der Waals surface area (Å²) in [6, 6.07) is 0. The molecular formula is C5H13NO2. The third kappa shape index (κ3) is 5.88. The summed E-state index contributed by atoms with van der Waals surface area (Å²) in [5.41, 5.74) is 3.90. The molecule has 0 bridgehead atoms. The first-order valence-electron chi connectivity index (χ1n) is 2.61. The maximum absolute atomic E-state index is 8.81. The zero-order chi connectivity index (χ0) is 6.78. The first kappa shape index (κ1) is 7.88. The molecule has 0 spiro atoms. The maximum Gasteiger partial charge on any atom is 0.113 e. The maximum atomic E-state index is 8.81. The fraction of sp³-hybridized carbons (Fsp3) is 1.00. The van der Waals surface area contributed by atoms with E-state index in [1.54, 1.807) is 6.92 Å². The molecule has 8 heavy (non-hydrogen) atoms. The molecule has 2 unspecified atom stereocenters. The lowest BCUT2D eigenvalue weighted by atomic mass is 10.1. The van der Waals surface area contributed by atoms with Gasteiger partial charge in [-0.15, -0.1) is 0 Å². The molecule has 0 rings (SSSR count). The number of nitrogens with two attached hydrogens (primary N) is 1. The van der Waals surface area contributed by atoms with Gasteiger partial charge in [0.25, 0.3) is 0 Å². The molecule has 0 fully saturated rings. The lowest BCUT2D eigenvalue weighted by Crippen LogP contribution is -2.38. The zero-order valence-corrected chi connectivity index (χ0v) is 5.26. The minimum absolute atomic E-state index is 0.215. The van der Waals surface area contributed by atoms with Crippen LogP contribution in [0.3, 0.4) is 0 Å². The normalized spacial score (nSPS) is 22.1. The molecule has 0 aromatic carbocycles. The van der Waals surface area contributed by atoms with Crippen molar-refractivity contribution in [2.75, 3.05) is 0 Å². The predicted molar refractivity (Wildman–Crippen MR) is 31.1 cm³/mol. The summed E-state index contributed by atoms with van der Waals surface area (Å²) in [5.74, 6) is 0. The molecule has 0 aliphatic rings. The number of hydrogen-bond donors (Lipinski definition) is 3. The summed E-state index contributed by atoms with van der Waals surface area (Å²) in [6.45, 7) is 3.04. The Morgan fingerprint density at radius 1 is 1.75 bits per heavy atom. The van der Waals surface area contributed by atoms with Crippen molar-refractivity contribution in [1.82, 2.24) is 0 Å². The Bertz CT molecular complexity index is 65.3. The summed E-state index contributed by atoms with van der Waals surface area (Å²) in [7, 11) is 0. The van der Waals surface area contributed by atoms with Crippen LogP contribution in [0.4, 0.5) is 0 Å². The largest absolute Gasteiger partial charge is 0.393 e. The van der Waals surface area contributed by atoms with E-state index in [0.717, 1.165) is 0 Å². The molecule has 3 heteroatoms. The van der Waals surface area contributed by atoms with Gasteiger partial charge in [0.15, 0.2) is 0 Å². The van der Waals surface area contributed by atoms with Crippen LogP contribution in [0.2, 0.25) is 0 Å². The van der Waals surface area contributed by atoms with E-state index < -0.39 is 11.8 Å². The molecule has 0 aliphatic carbocycles. The van der Waals surface area contributed by atoms with Gasteiger partial charge in [0.2, 0.25) is 0 Å². The van der Waals surface area contributed by atoms with Crippen LogP contribution in [-0.4, -0.2) is 22.0 Å². The molecule has 0 aromatic heterocycles. The van der Waals surface area contributed by atoms with Gasteiger partial charge in [-0.25, -0.2) is 0 Å². The van der Waals surface area contributed by atoms with Gasteiger partial charge < -0.3 is 15.9 Å². The molecule has 0 aromatic rings. The number of hydrogen-bond acceptors (Lipinski definition) is 3. The molecule has 3 nitrogen and oxygen atoms in total. The van der Waals surface area contributed by atoms with Gasteiger partial charge in [-0.3, -0.25) is 0 Å². The molecule has 4 N–H and O–H groups in total. The highest BCUT2D eigenvalue weighted by atomic mass is 16.3. The Kier molecular flexibility index (Phi) is 2.40. The lowest BCUT2D eigenvalue weighted by Gasteiger charge is -2.17. The van der Waals surface area contributed by atoms with E-state index in [1.165, 1.54) is 6.92 Å². The zero-order valence-electron chi connectivity index (χ0n) is 5.26. The minimum atomic E-state index is -1.23. The van der Waals surface area contributed by atoms with Crippen molar-refractivity contribution in [1.29, 1.82) is 0 Å². The molecule has 0 saturated carbocycles. The van der Waals surface area contributed by atoms with Gasteiger partial charge >= 0.3 is 0 Å². The second-order valence-electron chi connectivity index (χ2n) is 2.41.